The molecule has 2 unspecified atom stereocenters. The summed E-state index contributed by atoms with van der Waals surface area (Å²) in [4.78, 5) is 0. The van der Waals surface area contributed by atoms with Crippen molar-refractivity contribution in [1.29, 1.82) is 5.26 Å². The number of ether oxygens (including phenoxy) is 1. The molecule has 0 N–H and O–H groups in total. The summed E-state index contributed by atoms with van der Waals surface area (Å²) in [6.45, 7) is 0. The van der Waals surface area contributed by atoms with Gasteiger partial charge in [-0.25, -0.2) is 8.42 Å². The van der Waals surface area contributed by atoms with E-state index >= 15 is 0 Å². The zero-order valence-electron chi connectivity index (χ0n) is 11.6. The molecule has 0 spiro atoms. The van der Waals surface area contributed by atoms with E-state index in [0.29, 0.717) is 12.8 Å². The van der Waals surface area contributed by atoms with Gasteiger partial charge in [-0.1, -0.05) is 12.1 Å². The highest BCUT2D eigenvalue weighted by molar-refractivity contribution is 7.91. The minimum Gasteiger partial charge on any atom is -0.490 e. The summed E-state index contributed by atoms with van der Waals surface area (Å²) in [7, 11) is -2.98. The molecule has 2 rings (SSSR count). The lowest BCUT2D eigenvalue weighted by atomic mass is 9.97. The molecule has 0 amide bonds. The predicted octanol–water partition coefficient (Wildman–Crippen LogP) is 2.49. The maximum Gasteiger partial charge on any atom is 0.150 e. The fourth-order valence-electron chi connectivity index (χ4n) is 2.57. The minimum absolute atomic E-state index is 0.0368. The Morgan fingerprint density at radius 3 is 2.60 bits per heavy atom. The van der Waals surface area contributed by atoms with E-state index in [1.54, 1.807) is 0 Å². The third-order valence-corrected chi connectivity index (χ3v) is 5.33. The molecule has 2 atom stereocenters. The summed E-state index contributed by atoms with van der Waals surface area (Å²) in [5, 5.41) is 8.34. The van der Waals surface area contributed by atoms with Crippen LogP contribution < -0.4 is 4.74 Å². The van der Waals surface area contributed by atoms with Crippen molar-refractivity contribution in [3.05, 3.63) is 29.8 Å². The normalized spacial score (nSPS) is 23.0. The molecule has 108 valence electrons. The molecule has 1 fully saturated rings. The number of benzene rings is 1. The number of nitrogens with zero attached hydrogens (tertiary/aromatic N) is 1. The number of rotatable bonds is 4. The van der Waals surface area contributed by atoms with Crippen molar-refractivity contribution in [2.24, 2.45) is 0 Å². The molecule has 1 saturated carbocycles. The van der Waals surface area contributed by atoms with Gasteiger partial charge < -0.3 is 4.74 Å². The number of sulfone groups is 1. The average Bonchev–Trinajstić information content (AvgIpc) is 2.41. The SMILES string of the molecule is CS(=O)(=O)C1CCCC(Oc2ccc(CC#N)cc2)C1. The Morgan fingerprint density at radius 2 is 2.00 bits per heavy atom. The predicted molar refractivity (Wildman–Crippen MR) is 77.3 cm³/mol. The van der Waals surface area contributed by atoms with Crippen LogP contribution in [0.2, 0.25) is 0 Å². The first-order valence-corrected chi connectivity index (χ1v) is 8.76. The summed E-state index contributed by atoms with van der Waals surface area (Å²) >= 11 is 0. The Labute approximate surface area is 120 Å². The van der Waals surface area contributed by atoms with E-state index in [0.717, 1.165) is 30.6 Å². The second-order valence-electron chi connectivity index (χ2n) is 5.34. The standard InChI is InChI=1S/C15H19NO3S/c1-20(17,18)15-4-2-3-14(11-15)19-13-7-5-12(6-8-13)9-10-16/h5-8,14-15H,2-4,9,11H2,1H3. The Hall–Kier alpha value is -1.54. The lowest BCUT2D eigenvalue weighted by Gasteiger charge is -2.28. The van der Waals surface area contributed by atoms with Gasteiger partial charge in [0.25, 0.3) is 0 Å². The lowest BCUT2D eigenvalue weighted by molar-refractivity contribution is 0.156. The molecule has 1 aliphatic rings. The van der Waals surface area contributed by atoms with Crippen molar-refractivity contribution in [3.63, 3.8) is 0 Å². The van der Waals surface area contributed by atoms with Crippen LogP contribution in [0.3, 0.4) is 0 Å². The Morgan fingerprint density at radius 1 is 1.30 bits per heavy atom. The molecular weight excluding hydrogens is 274 g/mol. The zero-order chi connectivity index (χ0) is 14.6. The third-order valence-electron chi connectivity index (χ3n) is 3.69. The quantitative estimate of drug-likeness (QED) is 0.855. The highest BCUT2D eigenvalue weighted by Gasteiger charge is 2.29. The molecule has 20 heavy (non-hydrogen) atoms. The molecule has 4 nitrogen and oxygen atoms in total. The van der Waals surface area contributed by atoms with Crippen LogP contribution in [0.4, 0.5) is 0 Å². The molecular formula is C15H19NO3S. The van der Waals surface area contributed by atoms with Crippen molar-refractivity contribution in [2.75, 3.05) is 6.26 Å². The molecule has 1 aromatic carbocycles. The van der Waals surface area contributed by atoms with Crippen molar-refractivity contribution in [2.45, 2.75) is 43.5 Å². The van der Waals surface area contributed by atoms with Gasteiger partial charge in [-0.05, 0) is 37.0 Å². The van der Waals surface area contributed by atoms with Crippen molar-refractivity contribution in [1.82, 2.24) is 0 Å². The van der Waals surface area contributed by atoms with Crippen LogP contribution in [0.15, 0.2) is 24.3 Å². The second-order valence-corrected chi connectivity index (χ2v) is 7.66. The van der Waals surface area contributed by atoms with Gasteiger partial charge in [-0.15, -0.1) is 0 Å². The van der Waals surface area contributed by atoms with Gasteiger partial charge in [-0.3, -0.25) is 0 Å². The van der Waals surface area contributed by atoms with Gasteiger partial charge in [0, 0.05) is 12.7 Å². The van der Waals surface area contributed by atoms with Crippen LogP contribution in [0.5, 0.6) is 5.75 Å². The molecule has 0 saturated heterocycles. The Kier molecular flexibility index (Phi) is 4.66. The van der Waals surface area contributed by atoms with E-state index in [1.807, 2.05) is 24.3 Å². The van der Waals surface area contributed by atoms with Crippen LogP contribution in [-0.4, -0.2) is 26.0 Å². The molecule has 0 bridgehead atoms. The van der Waals surface area contributed by atoms with E-state index in [4.69, 9.17) is 10.00 Å². The molecule has 0 aliphatic heterocycles. The molecule has 5 heteroatoms. The van der Waals surface area contributed by atoms with Gasteiger partial charge >= 0.3 is 0 Å². The molecule has 0 aromatic heterocycles. The van der Waals surface area contributed by atoms with Crippen molar-refractivity contribution >= 4 is 9.84 Å². The highest BCUT2D eigenvalue weighted by atomic mass is 32.2. The highest BCUT2D eigenvalue weighted by Crippen LogP contribution is 2.27. The first-order valence-electron chi connectivity index (χ1n) is 6.80. The number of hydrogen-bond acceptors (Lipinski definition) is 4. The van der Waals surface area contributed by atoms with E-state index in [1.165, 1.54) is 6.26 Å². The lowest BCUT2D eigenvalue weighted by Crippen LogP contribution is -2.33. The number of nitriles is 1. The van der Waals surface area contributed by atoms with E-state index in [9.17, 15) is 8.42 Å². The molecule has 1 aromatic rings. The van der Waals surface area contributed by atoms with Crippen LogP contribution in [0, 0.1) is 11.3 Å². The van der Waals surface area contributed by atoms with Crippen LogP contribution in [0.25, 0.3) is 0 Å². The summed E-state index contributed by atoms with van der Waals surface area (Å²) < 4.78 is 29.1. The summed E-state index contributed by atoms with van der Waals surface area (Å²) in [5.74, 6) is 0.742. The minimum atomic E-state index is -2.98. The van der Waals surface area contributed by atoms with Crippen molar-refractivity contribution in [3.8, 4) is 11.8 Å². The van der Waals surface area contributed by atoms with Gasteiger partial charge in [0.2, 0.25) is 0 Å². The third kappa shape index (κ3) is 3.97. The van der Waals surface area contributed by atoms with E-state index in [-0.39, 0.29) is 11.4 Å². The maximum atomic E-state index is 11.6. The maximum absolute atomic E-state index is 11.6. The summed E-state index contributed by atoms with van der Waals surface area (Å²) in [5.41, 5.74) is 0.956. The summed E-state index contributed by atoms with van der Waals surface area (Å²) in [6, 6.07) is 9.53. The largest absolute Gasteiger partial charge is 0.490 e. The Bertz CT molecular complexity index is 587. The van der Waals surface area contributed by atoms with Gasteiger partial charge in [0.15, 0.2) is 0 Å². The van der Waals surface area contributed by atoms with Crippen molar-refractivity contribution < 1.29 is 13.2 Å². The fourth-order valence-corrected chi connectivity index (χ4v) is 3.73. The first kappa shape index (κ1) is 14.9. The molecule has 1 aliphatic carbocycles. The van der Waals surface area contributed by atoms with Gasteiger partial charge in [0.05, 0.1) is 23.8 Å². The van der Waals surface area contributed by atoms with E-state index in [2.05, 4.69) is 6.07 Å². The van der Waals surface area contributed by atoms with Gasteiger partial charge in [0.1, 0.15) is 15.6 Å². The fraction of sp³-hybridized carbons (Fsp3) is 0.533. The molecule has 0 heterocycles. The average molecular weight is 293 g/mol. The van der Waals surface area contributed by atoms with Crippen LogP contribution in [0.1, 0.15) is 31.2 Å². The first-order chi connectivity index (χ1) is 9.49. The van der Waals surface area contributed by atoms with Gasteiger partial charge in [-0.2, -0.15) is 5.26 Å². The smallest absolute Gasteiger partial charge is 0.150 e. The van der Waals surface area contributed by atoms with Crippen LogP contribution >= 0.6 is 0 Å². The summed E-state index contributed by atoms with van der Waals surface area (Å²) in [6.07, 6.45) is 4.74. The van der Waals surface area contributed by atoms with Crippen LogP contribution in [-0.2, 0) is 16.3 Å². The topological polar surface area (TPSA) is 67.2 Å². The molecule has 0 radical (unpaired) electrons. The second kappa shape index (κ2) is 6.27. The monoisotopic (exact) mass is 293 g/mol. The van der Waals surface area contributed by atoms with E-state index < -0.39 is 9.84 Å². The number of hydrogen-bond donors (Lipinski definition) is 0. The zero-order valence-corrected chi connectivity index (χ0v) is 12.4. The Balaban J connectivity index is 1.97.